The third-order valence-corrected chi connectivity index (χ3v) is 13.8. The predicted molar refractivity (Wildman–Crippen MR) is 142 cm³/mol. The van der Waals surface area contributed by atoms with E-state index >= 15 is 0 Å². The number of aliphatic hydroxyl groups is 1. The Kier molecular flexibility index (Phi) is 7.66. The molecule has 0 aromatic rings. The SMILES string of the molecule is CCS(=O)(=O)C[C@@]1(O)CC[C@]2(C)C3CC[C@@]4(C)C(CC[C@@H]4[C@H](C)CCCC(C)C)C3CC[C@H]2C1. The van der Waals surface area contributed by atoms with Crippen molar-refractivity contribution in [2.45, 2.75) is 124 Å². The summed E-state index contributed by atoms with van der Waals surface area (Å²) in [7, 11) is -3.15. The van der Waals surface area contributed by atoms with Gasteiger partial charge in [-0.1, -0.05) is 60.8 Å². The Bertz CT molecular complexity index is 821. The molecule has 0 spiro atoms. The van der Waals surface area contributed by atoms with E-state index in [4.69, 9.17) is 0 Å². The quantitative estimate of drug-likeness (QED) is 0.386. The maximum atomic E-state index is 12.3. The molecule has 4 rings (SSSR count). The van der Waals surface area contributed by atoms with E-state index in [0.717, 1.165) is 41.9 Å². The lowest BCUT2D eigenvalue weighted by molar-refractivity contribution is -0.147. The molecule has 4 fully saturated rings. The maximum Gasteiger partial charge on any atom is 0.152 e. The van der Waals surface area contributed by atoms with Crippen LogP contribution < -0.4 is 0 Å². The van der Waals surface area contributed by atoms with Crippen molar-refractivity contribution < 1.29 is 13.5 Å². The fourth-order valence-corrected chi connectivity index (χ4v) is 11.3. The van der Waals surface area contributed by atoms with E-state index in [1.807, 2.05) is 0 Å². The summed E-state index contributed by atoms with van der Waals surface area (Å²) in [4.78, 5) is 0. The molecule has 4 aliphatic carbocycles. The molecule has 0 aromatic carbocycles. The monoisotopic (exact) mass is 494 g/mol. The fourth-order valence-electron chi connectivity index (χ4n) is 9.99. The highest BCUT2D eigenvalue weighted by molar-refractivity contribution is 7.91. The third-order valence-electron chi connectivity index (χ3n) is 12.0. The third kappa shape index (κ3) is 4.90. The van der Waals surface area contributed by atoms with Crippen LogP contribution in [0, 0.1) is 52.3 Å². The van der Waals surface area contributed by atoms with Crippen LogP contribution in [0.25, 0.3) is 0 Å². The molecule has 0 bridgehead atoms. The Morgan fingerprint density at radius 1 is 0.882 bits per heavy atom. The lowest BCUT2D eigenvalue weighted by Crippen LogP contribution is -2.57. The average molecular weight is 495 g/mol. The molecule has 4 saturated carbocycles. The zero-order valence-electron chi connectivity index (χ0n) is 23.1. The number of sulfone groups is 1. The second-order valence-corrected chi connectivity index (χ2v) is 16.6. The summed E-state index contributed by atoms with van der Waals surface area (Å²) in [6.45, 7) is 14.1. The molecule has 0 saturated heterocycles. The van der Waals surface area contributed by atoms with Crippen LogP contribution in [-0.2, 0) is 9.84 Å². The van der Waals surface area contributed by atoms with Gasteiger partial charge >= 0.3 is 0 Å². The van der Waals surface area contributed by atoms with E-state index in [2.05, 4.69) is 34.6 Å². The summed E-state index contributed by atoms with van der Waals surface area (Å²) in [6, 6.07) is 0. The molecule has 198 valence electrons. The van der Waals surface area contributed by atoms with Gasteiger partial charge in [0.15, 0.2) is 9.84 Å². The molecule has 0 aromatic heterocycles. The van der Waals surface area contributed by atoms with E-state index in [1.165, 1.54) is 57.8 Å². The summed E-state index contributed by atoms with van der Waals surface area (Å²) in [6.07, 6.45) is 14.6. The van der Waals surface area contributed by atoms with Gasteiger partial charge in [0.25, 0.3) is 0 Å². The van der Waals surface area contributed by atoms with Gasteiger partial charge in [0, 0.05) is 5.75 Å². The van der Waals surface area contributed by atoms with Gasteiger partial charge in [-0.2, -0.15) is 0 Å². The number of rotatable bonds is 8. The van der Waals surface area contributed by atoms with Gasteiger partial charge < -0.3 is 5.11 Å². The molecule has 0 aliphatic heterocycles. The minimum Gasteiger partial charge on any atom is -0.389 e. The molecule has 3 nitrogen and oxygen atoms in total. The van der Waals surface area contributed by atoms with E-state index < -0.39 is 15.4 Å². The molecule has 4 aliphatic rings. The molecule has 1 N–H and O–H groups in total. The smallest absolute Gasteiger partial charge is 0.152 e. The minimum absolute atomic E-state index is 0.0335. The molecule has 0 radical (unpaired) electrons. The van der Waals surface area contributed by atoms with Crippen molar-refractivity contribution >= 4 is 9.84 Å². The van der Waals surface area contributed by atoms with Crippen molar-refractivity contribution in [1.82, 2.24) is 0 Å². The van der Waals surface area contributed by atoms with Crippen LogP contribution in [0.15, 0.2) is 0 Å². The van der Waals surface area contributed by atoms with Gasteiger partial charge in [-0.15, -0.1) is 0 Å². The first kappa shape index (κ1) is 27.0. The topological polar surface area (TPSA) is 54.4 Å². The first-order chi connectivity index (χ1) is 15.8. The largest absolute Gasteiger partial charge is 0.389 e. The van der Waals surface area contributed by atoms with Crippen LogP contribution in [0.1, 0.15) is 119 Å². The summed E-state index contributed by atoms with van der Waals surface area (Å²) in [5.41, 5.74) is -0.196. The summed E-state index contributed by atoms with van der Waals surface area (Å²) in [5, 5.41) is 11.3. The second-order valence-electron chi connectivity index (χ2n) is 14.3. The normalized spacial score (nSPS) is 45.5. The summed E-state index contributed by atoms with van der Waals surface area (Å²) < 4.78 is 24.7. The second kappa shape index (κ2) is 9.66. The average Bonchev–Trinajstić information content (AvgIpc) is 3.11. The van der Waals surface area contributed by atoms with Crippen molar-refractivity contribution in [3.05, 3.63) is 0 Å². The van der Waals surface area contributed by atoms with Crippen LogP contribution >= 0.6 is 0 Å². The lowest BCUT2D eigenvalue weighted by Gasteiger charge is -2.62. The number of hydrogen-bond donors (Lipinski definition) is 1. The highest BCUT2D eigenvalue weighted by atomic mass is 32.2. The van der Waals surface area contributed by atoms with Gasteiger partial charge in [-0.05, 0) is 110 Å². The fraction of sp³-hybridized carbons (Fsp3) is 1.00. The Morgan fingerprint density at radius 3 is 2.26 bits per heavy atom. The molecule has 4 heteroatoms. The first-order valence-electron chi connectivity index (χ1n) is 14.8. The van der Waals surface area contributed by atoms with E-state index in [0.29, 0.717) is 24.2 Å². The van der Waals surface area contributed by atoms with Crippen LogP contribution in [0.5, 0.6) is 0 Å². The van der Waals surface area contributed by atoms with Crippen molar-refractivity contribution in [1.29, 1.82) is 0 Å². The van der Waals surface area contributed by atoms with Crippen LogP contribution in [0.3, 0.4) is 0 Å². The molecule has 9 atom stereocenters. The highest BCUT2D eigenvalue weighted by Gasteiger charge is 2.61. The zero-order valence-corrected chi connectivity index (χ0v) is 23.9. The molecular formula is C30H54O3S. The van der Waals surface area contributed by atoms with E-state index in [-0.39, 0.29) is 16.9 Å². The van der Waals surface area contributed by atoms with Gasteiger partial charge in [-0.25, -0.2) is 8.42 Å². The van der Waals surface area contributed by atoms with Crippen molar-refractivity contribution in [2.75, 3.05) is 11.5 Å². The van der Waals surface area contributed by atoms with Gasteiger partial charge in [-0.3, -0.25) is 0 Å². The predicted octanol–water partition coefficient (Wildman–Crippen LogP) is 7.27. The summed E-state index contributed by atoms with van der Waals surface area (Å²) in [5.74, 6) is 5.65. The number of hydrogen-bond acceptors (Lipinski definition) is 3. The van der Waals surface area contributed by atoms with Crippen molar-refractivity contribution in [2.24, 2.45) is 52.3 Å². The van der Waals surface area contributed by atoms with Crippen LogP contribution in [0.2, 0.25) is 0 Å². The zero-order chi connectivity index (χ0) is 24.9. The molecule has 34 heavy (non-hydrogen) atoms. The number of fused-ring (bicyclic) bond motifs is 5. The van der Waals surface area contributed by atoms with E-state index in [9.17, 15) is 13.5 Å². The maximum absolute atomic E-state index is 12.3. The lowest BCUT2D eigenvalue weighted by atomic mass is 9.43. The summed E-state index contributed by atoms with van der Waals surface area (Å²) >= 11 is 0. The van der Waals surface area contributed by atoms with Crippen molar-refractivity contribution in [3.8, 4) is 0 Å². The van der Waals surface area contributed by atoms with Gasteiger partial charge in [0.1, 0.15) is 0 Å². The minimum atomic E-state index is -3.15. The van der Waals surface area contributed by atoms with Crippen LogP contribution in [-0.4, -0.2) is 30.6 Å². The van der Waals surface area contributed by atoms with Gasteiger partial charge in [0.05, 0.1) is 11.4 Å². The van der Waals surface area contributed by atoms with Crippen molar-refractivity contribution in [3.63, 3.8) is 0 Å². The Hall–Kier alpha value is -0.0900. The highest BCUT2D eigenvalue weighted by Crippen LogP contribution is 2.69. The standard InChI is InChI=1S/C30H54O3S/c1-7-34(32,33)20-30(31)18-17-28(5)23(19-30)11-12-24-26-14-13-25(22(4)10-8-9-21(2)3)29(26,6)16-15-27(24)28/h21-27,31H,7-20H2,1-6H3/t22-,23+,24?,25-,26?,27?,28+,29-,30-/m1/s1. The molecule has 3 unspecified atom stereocenters. The van der Waals surface area contributed by atoms with Crippen LogP contribution in [0.4, 0.5) is 0 Å². The molecular weight excluding hydrogens is 440 g/mol. The van der Waals surface area contributed by atoms with Gasteiger partial charge in [0.2, 0.25) is 0 Å². The first-order valence-corrected chi connectivity index (χ1v) is 16.6. The Labute approximate surface area is 211 Å². The Balaban J connectivity index is 1.45. The van der Waals surface area contributed by atoms with E-state index in [1.54, 1.807) is 6.92 Å². The molecule has 0 heterocycles. The Morgan fingerprint density at radius 2 is 1.59 bits per heavy atom. The molecule has 0 amide bonds.